The Labute approximate surface area is 151 Å². The number of hydrogen-bond donors (Lipinski definition) is 2. The van der Waals surface area contributed by atoms with Crippen molar-refractivity contribution in [2.75, 3.05) is 32.8 Å². The fraction of sp³-hybridized carbons (Fsp3) is 0.368. The van der Waals surface area contributed by atoms with E-state index in [1.807, 2.05) is 0 Å². The second-order valence-corrected chi connectivity index (χ2v) is 6.28. The van der Waals surface area contributed by atoms with Crippen LogP contribution in [0.4, 0.5) is 4.39 Å². The van der Waals surface area contributed by atoms with E-state index in [1.165, 1.54) is 25.3 Å². The number of halogens is 1. The van der Waals surface area contributed by atoms with Gasteiger partial charge in [0.15, 0.2) is 5.78 Å². The Hall–Kier alpha value is -2.51. The molecule has 6 nitrogen and oxygen atoms in total. The number of aromatic nitrogens is 1. The Morgan fingerprint density at radius 2 is 1.96 bits per heavy atom. The average Bonchev–Trinajstić information content (AvgIpc) is 3.15. The van der Waals surface area contributed by atoms with E-state index < -0.39 is 0 Å². The van der Waals surface area contributed by atoms with Crippen LogP contribution in [-0.2, 0) is 4.74 Å². The molecular formula is C19H22FN3O3. The van der Waals surface area contributed by atoms with Crippen LogP contribution in [0.2, 0.25) is 0 Å². The summed E-state index contributed by atoms with van der Waals surface area (Å²) in [7, 11) is 0. The smallest absolute Gasteiger partial charge is 0.267 e. The summed E-state index contributed by atoms with van der Waals surface area (Å²) in [5.41, 5.74) is 1.75. The Bertz CT molecular complexity index is 767. The minimum atomic E-state index is -0.290. The summed E-state index contributed by atoms with van der Waals surface area (Å²) < 4.78 is 18.7. The second kappa shape index (κ2) is 8.25. The Balaban J connectivity index is 1.71. The largest absolute Gasteiger partial charge is 0.379 e. The predicted octanol–water partition coefficient (Wildman–Crippen LogP) is 2.16. The van der Waals surface area contributed by atoms with Gasteiger partial charge < -0.3 is 15.0 Å². The van der Waals surface area contributed by atoms with E-state index in [4.69, 9.17) is 4.74 Å². The van der Waals surface area contributed by atoms with Crippen LogP contribution in [0.15, 0.2) is 36.5 Å². The number of amides is 1. The number of rotatable bonds is 6. The Morgan fingerprint density at radius 1 is 1.27 bits per heavy atom. The molecule has 2 heterocycles. The highest BCUT2D eigenvalue weighted by Gasteiger charge is 2.23. The molecule has 0 saturated carbocycles. The van der Waals surface area contributed by atoms with Crippen molar-refractivity contribution >= 4 is 11.7 Å². The van der Waals surface area contributed by atoms with Crippen molar-refractivity contribution in [3.05, 3.63) is 59.2 Å². The molecule has 1 fully saturated rings. The summed E-state index contributed by atoms with van der Waals surface area (Å²) in [5.74, 6) is -0.669. The molecule has 1 aromatic heterocycles. The van der Waals surface area contributed by atoms with Crippen molar-refractivity contribution in [2.24, 2.45) is 0 Å². The van der Waals surface area contributed by atoms with Crippen molar-refractivity contribution in [2.45, 2.75) is 13.0 Å². The molecule has 0 radical (unpaired) electrons. The monoisotopic (exact) mass is 359 g/mol. The maximum absolute atomic E-state index is 13.3. The zero-order chi connectivity index (χ0) is 18.5. The number of benzene rings is 1. The number of Topliss-reactive ketones (excluding diaryl/α,β-unsaturated/α-hetero) is 1. The molecule has 1 aromatic carbocycles. The highest BCUT2D eigenvalue weighted by molar-refractivity contribution is 5.99. The summed E-state index contributed by atoms with van der Waals surface area (Å²) in [6, 6.07) is 7.79. The predicted molar refractivity (Wildman–Crippen MR) is 94.7 cm³/mol. The molecular weight excluding hydrogens is 337 g/mol. The van der Waals surface area contributed by atoms with Crippen LogP contribution in [0, 0.1) is 5.82 Å². The number of carbonyl (C=O) groups excluding carboxylic acids is 2. The molecule has 1 saturated heterocycles. The summed E-state index contributed by atoms with van der Waals surface area (Å²) in [4.78, 5) is 28.8. The molecule has 2 N–H and O–H groups in total. The molecule has 1 aliphatic rings. The van der Waals surface area contributed by atoms with Gasteiger partial charge in [0.1, 0.15) is 11.5 Å². The van der Waals surface area contributed by atoms with E-state index in [0.29, 0.717) is 31.0 Å². The topological polar surface area (TPSA) is 74.4 Å². The van der Waals surface area contributed by atoms with Crippen molar-refractivity contribution in [3.8, 4) is 0 Å². The third kappa shape index (κ3) is 4.36. The minimum absolute atomic E-state index is 0.0781. The van der Waals surface area contributed by atoms with Gasteiger partial charge in [-0.2, -0.15) is 0 Å². The standard InChI is InChI=1S/C19H22FN3O3/c1-13(24)15-10-17(21-11-15)19(25)22-12-18(23-6-8-26-9-7-23)14-2-4-16(20)5-3-14/h2-5,10-11,18,21H,6-9,12H2,1H3,(H,22,25). The summed E-state index contributed by atoms with van der Waals surface area (Å²) in [6.45, 7) is 4.57. The first kappa shape index (κ1) is 18.3. The third-order valence-corrected chi connectivity index (χ3v) is 4.53. The maximum atomic E-state index is 13.3. The lowest BCUT2D eigenvalue weighted by molar-refractivity contribution is 0.0162. The Morgan fingerprint density at radius 3 is 2.58 bits per heavy atom. The van der Waals surface area contributed by atoms with Crippen LogP contribution in [0.5, 0.6) is 0 Å². The van der Waals surface area contributed by atoms with E-state index in [0.717, 1.165) is 18.7 Å². The van der Waals surface area contributed by atoms with Gasteiger partial charge in [0.2, 0.25) is 0 Å². The van der Waals surface area contributed by atoms with Gasteiger partial charge in [-0.15, -0.1) is 0 Å². The Kier molecular flexibility index (Phi) is 5.80. The molecule has 7 heteroatoms. The number of ether oxygens (including phenoxy) is 1. The van der Waals surface area contributed by atoms with Crippen LogP contribution >= 0.6 is 0 Å². The number of ketones is 1. The minimum Gasteiger partial charge on any atom is -0.379 e. The fourth-order valence-electron chi connectivity index (χ4n) is 3.05. The molecule has 138 valence electrons. The maximum Gasteiger partial charge on any atom is 0.267 e. The lowest BCUT2D eigenvalue weighted by atomic mass is 10.0. The van der Waals surface area contributed by atoms with Crippen LogP contribution < -0.4 is 5.32 Å². The molecule has 0 bridgehead atoms. The van der Waals surface area contributed by atoms with Crippen molar-refractivity contribution in [3.63, 3.8) is 0 Å². The number of morpholine rings is 1. The third-order valence-electron chi connectivity index (χ3n) is 4.53. The van der Waals surface area contributed by atoms with Gasteiger partial charge in [-0.3, -0.25) is 14.5 Å². The summed E-state index contributed by atoms with van der Waals surface area (Å²) in [5, 5.41) is 2.90. The van der Waals surface area contributed by atoms with Crippen molar-refractivity contribution in [1.29, 1.82) is 0 Å². The first-order valence-electron chi connectivity index (χ1n) is 8.59. The van der Waals surface area contributed by atoms with E-state index in [-0.39, 0.29) is 23.5 Å². The average molecular weight is 359 g/mol. The zero-order valence-electron chi connectivity index (χ0n) is 14.6. The van der Waals surface area contributed by atoms with E-state index in [9.17, 15) is 14.0 Å². The molecule has 0 spiro atoms. The number of H-pyrrole nitrogens is 1. The van der Waals surface area contributed by atoms with E-state index in [1.54, 1.807) is 18.2 Å². The molecule has 3 rings (SSSR count). The highest BCUT2D eigenvalue weighted by atomic mass is 19.1. The number of aromatic amines is 1. The van der Waals surface area contributed by atoms with E-state index in [2.05, 4.69) is 15.2 Å². The van der Waals surface area contributed by atoms with Crippen LogP contribution in [-0.4, -0.2) is 54.4 Å². The van der Waals surface area contributed by atoms with Gasteiger partial charge in [0, 0.05) is 31.4 Å². The van der Waals surface area contributed by atoms with Crippen LogP contribution in [0.3, 0.4) is 0 Å². The molecule has 1 aliphatic heterocycles. The molecule has 1 unspecified atom stereocenters. The normalized spacial score (nSPS) is 16.2. The van der Waals surface area contributed by atoms with Crippen LogP contribution in [0.1, 0.15) is 39.4 Å². The van der Waals surface area contributed by atoms with Crippen molar-refractivity contribution in [1.82, 2.24) is 15.2 Å². The first-order valence-corrected chi connectivity index (χ1v) is 8.59. The lowest BCUT2D eigenvalue weighted by Crippen LogP contribution is -2.43. The van der Waals surface area contributed by atoms with Gasteiger partial charge in [-0.05, 0) is 30.7 Å². The molecule has 26 heavy (non-hydrogen) atoms. The van der Waals surface area contributed by atoms with Gasteiger partial charge >= 0.3 is 0 Å². The molecule has 1 atom stereocenters. The quantitative estimate of drug-likeness (QED) is 0.775. The van der Waals surface area contributed by atoms with Gasteiger partial charge in [-0.1, -0.05) is 12.1 Å². The number of hydrogen-bond acceptors (Lipinski definition) is 4. The zero-order valence-corrected chi connectivity index (χ0v) is 14.6. The van der Waals surface area contributed by atoms with E-state index >= 15 is 0 Å². The number of nitrogens with one attached hydrogen (secondary N) is 2. The fourth-order valence-corrected chi connectivity index (χ4v) is 3.05. The number of carbonyl (C=O) groups is 2. The molecule has 0 aliphatic carbocycles. The number of nitrogens with zero attached hydrogens (tertiary/aromatic N) is 1. The molecule has 1 amide bonds. The molecule has 2 aromatic rings. The van der Waals surface area contributed by atoms with Gasteiger partial charge in [0.05, 0.1) is 19.3 Å². The summed E-state index contributed by atoms with van der Waals surface area (Å²) >= 11 is 0. The summed E-state index contributed by atoms with van der Waals surface area (Å²) in [6.07, 6.45) is 1.52. The van der Waals surface area contributed by atoms with Crippen LogP contribution in [0.25, 0.3) is 0 Å². The van der Waals surface area contributed by atoms with Gasteiger partial charge in [-0.25, -0.2) is 4.39 Å². The van der Waals surface area contributed by atoms with Gasteiger partial charge in [0.25, 0.3) is 5.91 Å². The highest BCUT2D eigenvalue weighted by Crippen LogP contribution is 2.22. The second-order valence-electron chi connectivity index (χ2n) is 6.28. The SMILES string of the molecule is CC(=O)c1c[nH]c(C(=O)NCC(c2ccc(F)cc2)N2CCOCC2)c1. The first-order chi connectivity index (χ1) is 12.5. The van der Waals surface area contributed by atoms with Crippen molar-refractivity contribution < 1.29 is 18.7 Å². The lowest BCUT2D eigenvalue weighted by Gasteiger charge is -2.34.